The molecule has 4 nitrogen and oxygen atoms in total. The molecule has 0 aromatic heterocycles. The highest BCUT2D eigenvalue weighted by Crippen LogP contribution is 2.33. The van der Waals surface area contributed by atoms with Gasteiger partial charge in [-0.3, -0.25) is 4.79 Å². The van der Waals surface area contributed by atoms with Crippen molar-refractivity contribution in [2.75, 3.05) is 5.32 Å². The number of hydrogen-bond donors (Lipinski definition) is 2. The predicted octanol–water partition coefficient (Wildman–Crippen LogP) is 2.28. The maximum atomic E-state index is 11.8. The number of nitriles is 1. The first-order valence-electron chi connectivity index (χ1n) is 5.86. The molecule has 0 radical (unpaired) electrons. The van der Waals surface area contributed by atoms with Crippen LogP contribution >= 0.6 is 11.6 Å². The van der Waals surface area contributed by atoms with Crippen LogP contribution in [0.25, 0.3) is 0 Å². The summed E-state index contributed by atoms with van der Waals surface area (Å²) in [5.41, 5.74) is 6.69. The molecule has 0 unspecified atom stereocenters. The summed E-state index contributed by atoms with van der Waals surface area (Å²) < 4.78 is 0. The zero-order valence-electron chi connectivity index (χ0n) is 9.82. The first-order valence-corrected chi connectivity index (χ1v) is 6.24. The molecule has 1 fully saturated rings. The third-order valence-electron chi connectivity index (χ3n) is 2.98. The van der Waals surface area contributed by atoms with Gasteiger partial charge in [0.2, 0.25) is 5.91 Å². The van der Waals surface area contributed by atoms with E-state index in [-0.39, 0.29) is 5.91 Å². The number of benzene rings is 1. The van der Waals surface area contributed by atoms with Gasteiger partial charge in [0.25, 0.3) is 0 Å². The normalized spacial score (nSPS) is 15.8. The van der Waals surface area contributed by atoms with E-state index in [4.69, 9.17) is 22.6 Å². The van der Waals surface area contributed by atoms with Crippen LogP contribution in [0, 0.1) is 17.2 Å². The highest BCUT2D eigenvalue weighted by molar-refractivity contribution is 6.31. The van der Waals surface area contributed by atoms with E-state index >= 15 is 0 Å². The third-order valence-corrected chi connectivity index (χ3v) is 3.30. The Morgan fingerprint density at radius 1 is 1.61 bits per heavy atom. The van der Waals surface area contributed by atoms with Crippen molar-refractivity contribution in [2.24, 2.45) is 11.7 Å². The fourth-order valence-corrected chi connectivity index (χ4v) is 1.90. The van der Waals surface area contributed by atoms with Crippen LogP contribution in [-0.4, -0.2) is 11.9 Å². The summed E-state index contributed by atoms with van der Waals surface area (Å²) in [6, 6.07) is 6.27. The fraction of sp³-hybridized carbons (Fsp3) is 0.385. The molecule has 1 amide bonds. The lowest BCUT2D eigenvalue weighted by Crippen LogP contribution is -2.36. The summed E-state index contributed by atoms with van der Waals surface area (Å²) in [5.74, 6) is 0.388. The largest absolute Gasteiger partial charge is 0.325 e. The molecule has 2 rings (SSSR count). The molecule has 0 bridgehead atoms. The Hall–Kier alpha value is -1.57. The minimum atomic E-state index is -0.487. The SMILES string of the molecule is N#Cc1cc(NC(=O)[C@@H](N)CC2CC2)ccc1Cl. The van der Waals surface area contributed by atoms with Gasteiger partial charge in [0.1, 0.15) is 6.07 Å². The van der Waals surface area contributed by atoms with Gasteiger partial charge in [0.15, 0.2) is 0 Å². The van der Waals surface area contributed by atoms with E-state index < -0.39 is 6.04 Å². The van der Waals surface area contributed by atoms with Crippen molar-refractivity contribution in [3.8, 4) is 6.07 Å². The molecule has 3 N–H and O–H groups in total. The van der Waals surface area contributed by atoms with Crippen molar-refractivity contribution in [2.45, 2.75) is 25.3 Å². The number of hydrogen-bond acceptors (Lipinski definition) is 3. The van der Waals surface area contributed by atoms with E-state index in [9.17, 15) is 4.79 Å². The monoisotopic (exact) mass is 263 g/mol. The summed E-state index contributed by atoms with van der Waals surface area (Å²) in [5, 5.41) is 11.9. The van der Waals surface area contributed by atoms with Gasteiger partial charge in [0.05, 0.1) is 16.6 Å². The second-order valence-corrected chi connectivity index (χ2v) is 4.99. The van der Waals surface area contributed by atoms with Crippen LogP contribution in [0.15, 0.2) is 18.2 Å². The van der Waals surface area contributed by atoms with Crippen LogP contribution in [0.4, 0.5) is 5.69 Å². The zero-order valence-corrected chi connectivity index (χ0v) is 10.6. The quantitative estimate of drug-likeness (QED) is 0.875. The van der Waals surface area contributed by atoms with Crippen molar-refractivity contribution in [3.05, 3.63) is 28.8 Å². The fourth-order valence-electron chi connectivity index (χ4n) is 1.74. The molecule has 0 saturated heterocycles. The van der Waals surface area contributed by atoms with Crippen molar-refractivity contribution < 1.29 is 4.79 Å². The van der Waals surface area contributed by atoms with E-state index in [0.29, 0.717) is 22.2 Å². The Kier molecular flexibility index (Phi) is 3.85. The molecule has 5 heteroatoms. The van der Waals surface area contributed by atoms with E-state index in [1.807, 2.05) is 6.07 Å². The molecule has 18 heavy (non-hydrogen) atoms. The zero-order chi connectivity index (χ0) is 13.1. The number of rotatable bonds is 4. The number of nitrogens with two attached hydrogens (primary N) is 1. The lowest BCUT2D eigenvalue weighted by Gasteiger charge is -2.12. The first-order chi connectivity index (χ1) is 8.60. The molecular weight excluding hydrogens is 250 g/mol. The summed E-state index contributed by atoms with van der Waals surface area (Å²) >= 11 is 5.81. The number of halogens is 1. The second-order valence-electron chi connectivity index (χ2n) is 4.58. The first kappa shape index (κ1) is 12.9. The Morgan fingerprint density at radius 3 is 2.94 bits per heavy atom. The Labute approximate surface area is 111 Å². The molecule has 0 spiro atoms. The van der Waals surface area contributed by atoms with Gasteiger partial charge < -0.3 is 11.1 Å². The van der Waals surface area contributed by atoms with Gasteiger partial charge in [-0.1, -0.05) is 24.4 Å². The van der Waals surface area contributed by atoms with Gasteiger partial charge >= 0.3 is 0 Å². The van der Waals surface area contributed by atoms with Gasteiger partial charge in [-0.05, 0) is 30.5 Å². The number of carbonyl (C=O) groups is 1. The van der Waals surface area contributed by atoms with Gasteiger partial charge in [0, 0.05) is 5.69 Å². The van der Waals surface area contributed by atoms with Crippen LogP contribution in [0.5, 0.6) is 0 Å². The average Bonchev–Trinajstić information content (AvgIpc) is 3.15. The predicted molar refractivity (Wildman–Crippen MR) is 70.1 cm³/mol. The molecule has 0 heterocycles. The molecule has 1 aromatic rings. The second kappa shape index (κ2) is 5.38. The highest BCUT2D eigenvalue weighted by Gasteiger charge is 2.27. The Morgan fingerprint density at radius 2 is 2.33 bits per heavy atom. The number of anilines is 1. The minimum Gasteiger partial charge on any atom is -0.325 e. The molecule has 0 aliphatic heterocycles. The standard InChI is InChI=1S/C13H14ClN3O/c14-11-4-3-10(6-9(11)7-15)17-13(18)12(16)5-8-1-2-8/h3-4,6,8,12H,1-2,5,16H2,(H,17,18)/t12-/m0/s1. The smallest absolute Gasteiger partial charge is 0.241 e. The molecule has 1 aliphatic rings. The van der Waals surface area contributed by atoms with Crippen LogP contribution in [0.3, 0.4) is 0 Å². The number of nitrogens with one attached hydrogen (secondary N) is 1. The molecule has 1 atom stereocenters. The van der Waals surface area contributed by atoms with Crippen LogP contribution in [-0.2, 0) is 4.79 Å². The minimum absolute atomic E-state index is 0.215. The number of amides is 1. The van der Waals surface area contributed by atoms with Crippen LogP contribution in [0.1, 0.15) is 24.8 Å². The number of nitrogens with zero attached hydrogens (tertiary/aromatic N) is 1. The third kappa shape index (κ3) is 3.22. The lowest BCUT2D eigenvalue weighted by atomic mass is 10.1. The van der Waals surface area contributed by atoms with Gasteiger partial charge in [-0.15, -0.1) is 0 Å². The highest BCUT2D eigenvalue weighted by atomic mass is 35.5. The molecule has 1 aromatic carbocycles. The van der Waals surface area contributed by atoms with Crippen LogP contribution < -0.4 is 11.1 Å². The van der Waals surface area contributed by atoms with E-state index in [1.165, 1.54) is 12.8 Å². The van der Waals surface area contributed by atoms with Crippen molar-refractivity contribution in [1.82, 2.24) is 0 Å². The maximum absolute atomic E-state index is 11.8. The van der Waals surface area contributed by atoms with Crippen LogP contribution in [0.2, 0.25) is 5.02 Å². The summed E-state index contributed by atoms with van der Waals surface area (Å²) in [6.45, 7) is 0. The molecule has 1 aliphatic carbocycles. The van der Waals surface area contributed by atoms with E-state index in [2.05, 4.69) is 5.32 Å². The molecule has 1 saturated carbocycles. The summed E-state index contributed by atoms with van der Waals surface area (Å²) in [7, 11) is 0. The average molecular weight is 264 g/mol. The van der Waals surface area contributed by atoms with E-state index in [1.54, 1.807) is 18.2 Å². The molecule has 94 valence electrons. The topological polar surface area (TPSA) is 78.9 Å². The Balaban J connectivity index is 1.99. The van der Waals surface area contributed by atoms with Gasteiger partial charge in [-0.25, -0.2) is 0 Å². The summed E-state index contributed by atoms with van der Waals surface area (Å²) in [4.78, 5) is 11.8. The van der Waals surface area contributed by atoms with E-state index in [0.717, 1.165) is 6.42 Å². The molecular formula is C13H14ClN3O. The van der Waals surface area contributed by atoms with Gasteiger partial charge in [-0.2, -0.15) is 5.26 Å². The maximum Gasteiger partial charge on any atom is 0.241 e. The number of carbonyl (C=O) groups excluding carboxylic acids is 1. The van der Waals surface area contributed by atoms with Crippen molar-refractivity contribution >= 4 is 23.2 Å². The summed E-state index contributed by atoms with van der Waals surface area (Å²) in [6.07, 6.45) is 3.06. The van der Waals surface area contributed by atoms with Crippen molar-refractivity contribution in [3.63, 3.8) is 0 Å². The Bertz CT molecular complexity index is 505. The van der Waals surface area contributed by atoms with Crippen molar-refractivity contribution in [1.29, 1.82) is 5.26 Å². The lowest BCUT2D eigenvalue weighted by molar-refractivity contribution is -0.117.